The van der Waals surface area contributed by atoms with Crippen molar-refractivity contribution in [2.75, 3.05) is 18.9 Å². The largest absolute Gasteiger partial charge is 0.411 e. The van der Waals surface area contributed by atoms with Gasteiger partial charge in [0.15, 0.2) is 5.69 Å². The minimum atomic E-state index is -3.43. The first kappa shape index (κ1) is 22.4. The van der Waals surface area contributed by atoms with E-state index >= 15 is 0 Å². The molecule has 1 aromatic heterocycles. The number of oxime groups is 1. The lowest BCUT2D eigenvalue weighted by molar-refractivity contribution is 0.300. The van der Waals surface area contributed by atoms with Gasteiger partial charge in [-0.25, -0.2) is 22.2 Å². The van der Waals surface area contributed by atoms with Crippen LogP contribution in [0.4, 0.5) is 4.39 Å². The molecule has 2 rings (SSSR count). The van der Waals surface area contributed by atoms with Gasteiger partial charge < -0.3 is 10.3 Å². The molecule has 0 spiro atoms. The van der Waals surface area contributed by atoms with Crippen molar-refractivity contribution in [1.29, 1.82) is 0 Å². The van der Waals surface area contributed by atoms with Gasteiger partial charge in [-0.15, -0.1) is 0 Å². The molecular weight excluding hydrogens is 459 g/mol. The van der Waals surface area contributed by atoms with E-state index in [4.69, 9.17) is 9.74 Å². The molecule has 0 aliphatic rings. The van der Waals surface area contributed by atoms with Gasteiger partial charge in [0.2, 0.25) is 10.0 Å². The smallest absolute Gasteiger partial charge is 0.211 e. The molecule has 0 fully saturated rings. The fraction of sp³-hybridized carbons (Fsp3) is 0.438. The number of rotatable bonds is 11. The van der Waals surface area contributed by atoms with Crippen LogP contribution in [0, 0.1) is 5.82 Å². The molecule has 0 unspecified atom stereocenters. The molecule has 0 radical (unpaired) electrons. The van der Waals surface area contributed by atoms with Crippen LogP contribution in [-0.2, 0) is 22.9 Å². The fourth-order valence-electron chi connectivity index (χ4n) is 2.46. The number of halogens is 2. The van der Waals surface area contributed by atoms with Gasteiger partial charge in [-0.3, -0.25) is 0 Å². The van der Waals surface area contributed by atoms with Crippen LogP contribution in [0.5, 0.6) is 0 Å². The number of unbranched alkanes of at least 4 members (excludes halogenated alkanes) is 1. The lowest BCUT2D eigenvalue weighted by Crippen LogP contribution is -2.29. The summed E-state index contributed by atoms with van der Waals surface area (Å²) in [7, 11) is -3.43. The molecule has 0 amide bonds. The SMILES string of the molecule is O=S(=O)(CCCCc1nonc1/C(Cc1ccc(F)c(Br)c1)=N/O)NCCO. The molecule has 9 nitrogen and oxygen atoms in total. The predicted molar refractivity (Wildman–Crippen MR) is 102 cm³/mol. The van der Waals surface area contributed by atoms with Crippen molar-refractivity contribution in [3.63, 3.8) is 0 Å². The highest BCUT2D eigenvalue weighted by atomic mass is 79.9. The van der Waals surface area contributed by atoms with Gasteiger partial charge in [0.25, 0.3) is 0 Å². The number of nitrogens with one attached hydrogen (secondary N) is 1. The van der Waals surface area contributed by atoms with E-state index in [1.165, 1.54) is 6.07 Å². The van der Waals surface area contributed by atoms with Gasteiger partial charge in [-0.05, 0) is 58.0 Å². The second-order valence-electron chi connectivity index (χ2n) is 5.93. The van der Waals surface area contributed by atoms with Crippen LogP contribution in [0.1, 0.15) is 29.8 Å². The highest BCUT2D eigenvalue weighted by Crippen LogP contribution is 2.19. The number of hydrogen-bond donors (Lipinski definition) is 3. The number of aliphatic hydroxyl groups excluding tert-OH is 1. The van der Waals surface area contributed by atoms with Gasteiger partial charge >= 0.3 is 0 Å². The number of nitrogens with zero attached hydrogens (tertiary/aromatic N) is 3. The minimum Gasteiger partial charge on any atom is -0.411 e. The Morgan fingerprint density at radius 1 is 1.32 bits per heavy atom. The van der Waals surface area contributed by atoms with Crippen LogP contribution in [0.3, 0.4) is 0 Å². The van der Waals surface area contributed by atoms with E-state index in [1.54, 1.807) is 12.1 Å². The van der Waals surface area contributed by atoms with E-state index in [1.807, 2.05) is 0 Å². The highest BCUT2D eigenvalue weighted by Gasteiger charge is 2.18. The summed E-state index contributed by atoms with van der Waals surface area (Å²) in [6, 6.07) is 4.42. The fourth-order valence-corrected chi connectivity index (χ4v) is 4.01. The molecule has 0 saturated carbocycles. The number of sulfonamides is 1. The number of hydrogen-bond acceptors (Lipinski definition) is 8. The van der Waals surface area contributed by atoms with Crippen LogP contribution >= 0.6 is 15.9 Å². The third-order valence-electron chi connectivity index (χ3n) is 3.82. The monoisotopic (exact) mass is 478 g/mol. The molecule has 12 heteroatoms. The van der Waals surface area contributed by atoms with E-state index in [0.29, 0.717) is 30.5 Å². The van der Waals surface area contributed by atoms with Crippen molar-refractivity contribution in [2.24, 2.45) is 5.16 Å². The van der Waals surface area contributed by atoms with Crippen molar-refractivity contribution < 1.29 is 27.8 Å². The Morgan fingerprint density at radius 3 is 2.79 bits per heavy atom. The van der Waals surface area contributed by atoms with Crippen LogP contribution in [0.25, 0.3) is 0 Å². The minimum absolute atomic E-state index is 0.0183. The number of benzene rings is 1. The van der Waals surface area contributed by atoms with Crippen molar-refractivity contribution >= 4 is 31.7 Å². The van der Waals surface area contributed by atoms with Crippen LogP contribution < -0.4 is 4.72 Å². The van der Waals surface area contributed by atoms with Crippen LogP contribution in [0.2, 0.25) is 0 Å². The highest BCUT2D eigenvalue weighted by molar-refractivity contribution is 9.10. The normalized spacial score (nSPS) is 12.5. The summed E-state index contributed by atoms with van der Waals surface area (Å²) in [6.07, 6.45) is 1.40. The van der Waals surface area contributed by atoms with Crippen molar-refractivity contribution in [1.82, 2.24) is 15.0 Å². The number of aryl methyl sites for hydroxylation is 1. The first-order chi connectivity index (χ1) is 13.4. The Bertz CT molecular complexity index is 920. The average Bonchev–Trinajstić information content (AvgIpc) is 3.13. The summed E-state index contributed by atoms with van der Waals surface area (Å²) in [5.74, 6) is -0.489. The maximum absolute atomic E-state index is 13.4. The van der Waals surface area contributed by atoms with Gasteiger partial charge in [0.1, 0.15) is 17.2 Å². The molecular formula is C16H20BrFN4O5S. The standard InChI is InChI=1S/C16H20BrFN4O5S/c17-12-9-11(4-5-13(12)18)10-15(20-24)16-14(21-27-22-16)3-1-2-8-28(25,26)19-6-7-23/h4-5,9,19,23-24H,1-3,6-8,10H2/b20-15+. The molecule has 28 heavy (non-hydrogen) atoms. The Kier molecular flexibility index (Phi) is 8.48. The van der Waals surface area contributed by atoms with E-state index in [-0.39, 0.29) is 41.2 Å². The van der Waals surface area contributed by atoms with Crippen molar-refractivity contribution in [2.45, 2.75) is 25.7 Å². The van der Waals surface area contributed by atoms with Crippen molar-refractivity contribution in [3.8, 4) is 0 Å². The lowest BCUT2D eigenvalue weighted by atomic mass is 10.0. The van der Waals surface area contributed by atoms with Gasteiger partial charge in [-0.2, -0.15) is 0 Å². The summed E-state index contributed by atoms with van der Waals surface area (Å²) in [5.41, 5.74) is 1.60. The molecule has 0 atom stereocenters. The third-order valence-corrected chi connectivity index (χ3v) is 5.89. The van der Waals surface area contributed by atoms with E-state index in [0.717, 1.165) is 0 Å². The Labute approximate surface area is 169 Å². The van der Waals surface area contributed by atoms with E-state index in [9.17, 15) is 18.0 Å². The predicted octanol–water partition coefficient (Wildman–Crippen LogP) is 1.63. The van der Waals surface area contributed by atoms with E-state index < -0.39 is 15.8 Å². The molecule has 2 aromatic rings. The zero-order valence-corrected chi connectivity index (χ0v) is 17.2. The summed E-state index contributed by atoms with van der Waals surface area (Å²) in [5, 5.41) is 28.8. The molecule has 0 aliphatic carbocycles. The Hall–Kier alpha value is -1.89. The third kappa shape index (κ3) is 6.62. The Balaban J connectivity index is 1.96. The molecule has 1 heterocycles. The zero-order chi connectivity index (χ0) is 20.6. The summed E-state index contributed by atoms with van der Waals surface area (Å²) < 4.78 is 44.0. The molecule has 154 valence electrons. The second-order valence-corrected chi connectivity index (χ2v) is 8.71. The first-order valence-corrected chi connectivity index (χ1v) is 10.9. The summed E-state index contributed by atoms with van der Waals surface area (Å²) >= 11 is 3.10. The number of aromatic nitrogens is 2. The summed E-state index contributed by atoms with van der Waals surface area (Å²) in [4.78, 5) is 0. The maximum Gasteiger partial charge on any atom is 0.211 e. The molecule has 0 saturated heterocycles. The molecule has 1 aromatic carbocycles. The molecule has 3 N–H and O–H groups in total. The van der Waals surface area contributed by atoms with E-state index in [2.05, 4.69) is 36.1 Å². The van der Waals surface area contributed by atoms with Crippen molar-refractivity contribution in [3.05, 3.63) is 45.4 Å². The number of aliphatic hydroxyl groups is 1. The first-order valence-electron chi connectivity index (χ1n) is 8.41. The summed E-state index contributed by atoms with van der Waals surface area (Å²) in [6.45, 7) is -0.281. The van der Waals surface area contributed by atoms with Gasteiger partial charge in [0.05, 0.1) is 16.8 Å². The molecule has 0 aliphatic heterocycles. The topological polar surface area (TPSA) is 138 Å². The van der Waals surface area contributed by atoms with Gasteiger partial charge in [0, 0.05) is 13.0 Å². The second kappa shape index (κ2) is 10.6. The zero-order valence-electron chi connectivity index (χ0n) is 14.8. The molecule has 0 bridgehead atoms. The quantitative estimate of drug-likeness (QED) is 0.193. The van der Waals surface area contributed by atoms with Crippen LogP contribution in [0.15, 0.2) is 32.5 Å². The maximum atomic E-state index is 13.4. The Morgan fingerprint density at radius 2 is 2.11 bits per heavy atom. The lowest BCUT2D eigenvalue weighted by Gasteiger charge is -2.06. The average molecular weight is 479 g/mol. The van der Waals surface area contributed by atoms with Crippen LogP contribution in [-0.4, -0.2) is 53.7 Å². The van der Waals surface area contributed by atoms with Gasteiger partial charge in [-0.1, -0.05) is 16.4 Å².